The summed E-state index contributed by atoms with van der Waals surface area (Å²) < 4.78 is 14.6. The minimum Gasteiger partial charge on any atom is -0.456 e. The Labute approximate surface area is 139 Å². The topological polar surface area (TPSA) is 96.0 Å². The molecule has 2 unspecified atom stereocenters. The lowest BCUT2D eigenvalue weighted by Crippen LogP contribution is -2.18. The van der Waals surface area contributed by atoms with Crippen molar-refractivity contribution in [2.75, 3.05) is 0 Å². The van der Waals surface area contributed by atoms with E-state index in [0.717, 1.165) is 0 Å². The first-order chi connectivity index (χ1) is 11.4. The van der Waals surface area contributed by atoms with Gasteiger partial charge in [0.2, 0.25) is 0 Å². The van der Waals surface area contributed by atoms with Gasteiger partial charge in [0.25, 0.3) is 0 Å². The van der Waals surface area contributed by atoms with Crippen LogP contribution >= 0.6 is 11.6 Å². The van der Waals surface area contributed by atoms with Crippen LogP contribution in [0.1, 0.15) is 20.7 Å². The molecule has 0 radical (unpaired) electrons. The van der Waals surface area contributed by atoms with Crippen molar-refractivity contribution in [3.8, 4) is 5.75 Å². The maximum atomic E-state index is 11.6. The lowest BCUT2D eigenvalue weighted by atomic mass is 9.90. The minimum absolute atomic E-state index is 0.0492. The molecule has 1 saturated heterocycles. The SMILES string of the molecule is O=C1OC(=O)c2cc(OC3=CC4C(=O)OC(=O)C4C=C3)c(Cl)cc21. The molecule has 2 atom stereocenters. The summed E-state index contributed by atoms with van der Waals surface area (Å²) in [5.41, 5.74) is 0.115. The zero-order chi connectivity index (χ0) is 17.0. The second-order valence-corrected chi connectivity index (χ2v) is 5.73. The lowest BCUT2D eigenvalue weighted by Gasteiger charge is -2.15. The fraction of sp³-hybridized carbons (Fsp3) is 0.125. The molecule has 0 aromatic heterocycles. The van der Waals surface area contributed by atoms with E-state index in [9.17, 15) is 19.2 Å². The first-order valence-electron chi connectivity index (χ1n) is 6.87. The van der Waals surface area contributed by atoms with Crippen LogP contribution in [0.4, 0.5) is 0 Å². The summed E-state index contributed by atoms with van der Waals surface area (Å²) >= 11 is 6.06. The number of cyclic esters (lactones) is 4. The zero-order valence-corrected chi connectivity index (χ0v) is 12.5. The van der Waals surface area contributed by atoms with Gasteiger partial charge >= 0.3 is 23.9 Å². The van der Waals surface area contributed by atoms with E-state index in [0.29, 0.717) is 0 Å². The fourth-order valence-corrected chi connectivity index (χ4v) is 2.89. The largest absolute Gasteiger partial charge is 0.456 e. The number of fused-ring (bicyclic) bond motifs is 2. The molecule has 3 aliphatic rings. The predicted molar refractivity (Wildman–Crippen MR) is 77.1 cm³/mol. The smallest absolute Gasteiger partial charge is 0.347 e. The highest BCUT2D eigenvalue weighted by Gasteiger charge is 2.43. The van der Waals surface area contributed by atoms with Gasteiger partial charge in [-0.05, 0) is 24.3 Å². The molecule has 7 nitrogen and oxygen atoms in total. The van der Waals surface area contributed by atoms with Crippen molar-refractivity contribution in [1.82, 2.24) is 0 Å². The molecule has 0 amide bonds. The average Bonchev–Trinajstić information content (AvgIpc) is 2.97. The molecule has 0 saturated carbocycles. The fourth-order valence-electron chi connectivity index (χ4n) is 2.69. The van der Waals surface area contributed by atoms with Crippen LogP contribution in [0, 0.1) is 11.8 Å². The number of ether oxygens (including phenoxy) is 3. The summed E-state index contributed by atoms with van der Waals surface area (Å²) in [7, 11) is 0. The Balaban J connectivity index is 1.65. The third-order valence-electron chi connectivity index (χ3n) is 3.87. The van der Waals surface area contributed by atoms with Gasteiger partial charge in [0.15, 0.2) is 0 Å². The average molecular weight is 347 g/mol. The Morgan fingerprint density at radius 2 is 1.58 bits per heavy atom. The van der Waals surface area contributed by atoms with E-state index < -0.39 is 35.7 Å². The number of allylic oxidation sites excluding steroid dienone is 1. The minimum atomic E-state index is -0.783. The molecular formula is C16H7ClO7. The third-order valence-corrected chi connectivity index (χ3v) is 4.16. The Bertz CT molecular complexity index is 896. The molecule has 2 heterocycles. The molecule has 1 aliphatic carbocycles. The maximum Gasteiger partial charge on any atom is 0.347 e. The number of hydrogen-bond acceptors (Lipinski definition) is 7. The highest BCUT2D eigenvalue weighted by molar-refractivity contribution is 6.33. The van der Waals surface area contributed by atoms with Gasteiger partial charge in [-0.25, -0.2) is 9.59 Å². The summed E-state index contributed by atoms with van der Waals surface area (Å²) in [5.74, 6) is -3.83. The molecule has 8 heteroatoms. The molecule has 1 aromatic carbocycles. The number of halogens is 1. The second-order valence-electron chi connectivity index (χ2n) is 5.33. The van der Waals surface area contributed by atoms with Crippen molar-refractivity contribution in [3.63, 3.8) is 0 Å². The van der Waals surface area contributed by atoms with Crippen LogP contribution in [0.2, 0.25) is 5.02 Å². The molecule has 0 N–H and O–H groups in total. The summed E-state index contributed by atoms with van der Waals surface area (Å²) in [6, 6.07) is 2.58. The van der Waals surface area contributed by atoms with Crippen molar-refractivity contribution < 1.29 is 33.4 Å². The third kappa shape index (κ3) is 2.13. The van der Waals surface area contributed by atoms with Crippen LogP contribution in [0.25, 0.3) is 0 Å². The Kier molecular flexibility index (Phi) is 3.07. The first kappa shape index (κ1) is 14.6. The van der Waals surface area contributed by atoms with Crippen molar-refractivity contribution in [3.05, 3.63) is 52.3 Å². The van der Waals surface area contributed by atoms with E-state index in [-0.39, 0.29) is 27.7 Å². The number of benzene rings is 1. The summed E-state index contributed by atoms with van der Waals surface area (Å²) in [5, 5.41) is 0.0990. The standard InChI is InChI=1S/C16H7ClO7/c17-11-4-9-10(16(21)24-15(9)20)5-12(11)22-6-1-2-7-8(3-6)14(19)23-13(7)18/h1-5,7-8H. The van der Waals surface area contributed by atoms with E-state index in [2.05, 4.69) is 9.47 Å². The van der Waals surface area contributed by atoms with Gasteiger partial charge < -0.3 is 14.2 Å². The van der Waals surface area contributed by atoms with Crippen molar-refractivity contribution in [1.29, 1.82) is 0 Å². The summed E-state index contributed by atoms with van der Waals surface area (Å²) in [4.78, 5) is 46.1. The maximum absolute atomic E-state index is 11.6. The molecule has 0 spiro atoms. The first-order valence-corrected chi connectivity index (χ1v) is 7.25. The zero-order valence-electron chi connectivity index (χ0n) is 11.8. The van der Waals surface area contributed by atoms with Gasteiger partial charge in [0.1, 0.15) is 11.5 Å². The van der Waals surface area contributed by atoms with Crippen LogP contribution in [-0.4, -0.2) is 23.9 Å². The number of carbonyl (C=O) groups excluding carboxylic acids is 4. The predicted octanol–water partition coefficient (Wildman–Crippen LogP) is 1.80. The highest BCUT2D eigenvalue weighted by Crippen LogP contribution is 2.36. The van der Waals surface area contributed by atoms with Gasteiger partial charge in [-0.1, -0.05) is 17.7 Å². The molecule has 120 valence electrons. The van der Waals surface area contributed by atoms with E-state index in [1.54, 1.807) is 0 Å². The van der Waals surface area contributed by atoms with E-state index in [1.807, 2.05) is 0 Å². The molecular weight excluding hydrogens is 340 g/mol. The van der Waals surface area contributed by atoms with Crippen LogP contribution in [0.5, 0.6) is 5.75 Å². The van der Waals surface area contributed by atoms with E-state index in [1.165, 1.54) is 30.4 Å². The van der Waals surface area contributed by atoms with Gasteiger partial charge in [0, 0.05) is 0 Å². The molecule has 1 aromatic rings. The number of carbonyl (C=O) groups is 4. The number of rotatable bonds is 2. The van der Waals surface area contributed by atoms with Crippen molar-refractivity contribution >= 4 is 35.5 Å². The van der Waals surface area contributed by atoms with Crippen LogP contribution in [0.3, 0.4) is 0 Å². The highest BCUT2D eigenvalue weighted by atomic mass is 35.5. The van der Waals surface area contributed by atoms with Gasteiger partial charge in [-0.15, -0.1) is 0 Å². The number of esters is 4. The molecule has 0 bridgehead atoms. The second kappa shape index (κ2) is 5.04. The Morgan fingerprint density at radius 1 is 0.917 bits per heavy atom. The number of hydrogen-bond donors (Lipinski definition) is 0. The molecule has 4 rings (SSSR count). The normalized spacial score (nSPS) is 24.3. The van der Waals surface area contributed by atoms with E-state index in [4.69, 9.17) is 16.3 Å². The monoisotopic (exact) mass is 346 g/mol. The Hall–Kier alpha value is -2.93. The van der Waals surface area contributed by atoms with Crippen molar-refractivity contribution in [2.45, 2.75) is 0 Å². The van der Waals surface area contributed by atoms with Gasteiger partial charge in [-0.3, -0.25) is 9.59 Å². The molecule has 2 aliphatic heterocycles. The van der Waals surface area contributed by atoms with Gasteiger partial charge in [-0.2, -0.15) is 0 Å². The van der Waals surface area contributed by atoms with Crippen molar-refractivity contribution in [2.24, 2.45) is 11.8 Å². The lowest BCUT2D eigenvalue weighted by molar-refractivity contribution is -0.153. The van der Waals surface area contributed by atoms with Crippen LogP contribution in [-0.2, 0) is 19.1 Å². The summed E-state index contributed by atoms with van der Waals surface area (Å²) in [6.45, 7) is 0. The quantitative estimate of drug-likeness (QED) is 0.595. The van der Waals surface area contributed by atoms with Crippen LogP contribution in [0.15, 0.2) is 36.1 Å². The van der Waals surface area contributed by atoms with Gasteiger partial charge in [0.05, 0.1) is 28.0 Å². The van der Waals surface area contributed by atoms with E-state index >= 15 is 0 Å². The van der Waals surface area contributed by atoms with Crippen LogP contribution < -0.4 is 4.74 Å². The molecule has 1 fully saturated rings. The Morgan fingerprint density at radius 3 is 2.33 bits per heavy atom. The summed E-state index contributed by atoms with van der Waals surface area (Å²) in [6.07, 6.45) is 4.46. The molecule has 24 heavy (non-hydrogen) atoms.